The molecule has 134 valence electrons. The van der Waals surface area contributed by atoms with Crippen LogP contribution < -0.4 is 19.7 Å². The quantitative estimate of drug-likeness (QED) is 0.907. The zero-order valence-electron chi connectivity index (χ0n) is 14.2. The van der Waals surface area contributed by atoms with Gasteiger partial charge in [0, 0.05) is 30.9 Å². The molecular formula is C18H23N3O4. The fourth-order valence-electron chi connectivity index (χ4n) is 3.72. The Hall–Kier alpha value is -2.44. The Morgan fingerprint density at radius 2 is 1.92 bits per heavy atom. The summed E-state index contributed by atoms with van der Waals surface area (Å²) in [7, 11) is 0. The number of urea groups is 1. The van der Waals surface area contributed by atoms with Crippen LogP contribution in [0, 0.1) is 0 Å². The molecule has 2 heterocycles. The Balaban J connectivity index is 1.35. The Bertz CT molecular complexity index is 672. The molecule has 0 bridgehead atoms. The predicted octanol–water partition coefficient (Wildman–Crippen LogP) is 2.11. The first-order valence-corrected chi connectivity index (χ1v) is 8.96. The lowest BCUT2D eigenvalue weighted by Crippen LogP contribution is -2.44. The van der Waals surface area contributed by atoms with Crippen molar-refractivity contribution in [2.75, 3.05) is 31.3 Å². The molecule has 2 aliphatic heterocycles. The van der Waals surface area contributed by atoms with E-state index in [0.717, 1.165) is 18.5 Å². The maximum absolute atomic E-state index is 12.6. The van der Waals surface area contributed by atoms with Gasteiger partial charge in [0.05, 0.1) is 0 Å². The van der Waals surface area contributed by atoms with Gasteiger partial charge in [-0.15, -0.1) is 0 Å². The highest BCUT2D eigenvalue weighted by molar-refractivity contribution is 5.96. The van der Waals surface area contributed by atoms with Crippen molar-refractivity contribution in [3.8, 4) is 11.5 Å². The molecule has 1 aliphatic carbocycles. The zero-order valence-corrected chi connectivity index (χ0v) is 14.2. The second-order valence-electron chi connectivity index (χ2n) is 6.80. The molecule has 1 aromatic carbocycles. The molecular weight excluding hydrogens is 322 g/mol. The first-order chi connectivity index (χ1) is 12.2. The number of ether oxygens (including phenoxy) is 2. The topological polar surface area (TPSA) is 71.1 Å². The molecule has 0 unspecified atom stereocenters. The Labute approximate surface area is 146 Å². The van der Waals surface area contributed by atoms with Gasteiger partial charge in [-0.3, -0.25) is 9.69 Å². The average molecular weight is 345 g/mol. The van der Waals surface area contributed by atoms with Crippen LogP contribution >= 0.6 is 0 Å². The molecule has 0 atom stereocenters. The van der Waals surface area contributed by atoms with Crippen molar-refractivity contribution in [1.82, 2.24) is 10.2 Å². The number of nitrogens with zero attached hydrogens (tertiary/aromatic N) is 2. The van der Waals surface area contributed by atoms with E-state index >= 15 is 0 Å². The highest BCUT2D eigenvalue weighted by Gasteiger charge is 2.32. The van der Waals surface area contributed by atoms with Crippen LogP contribution in [0.3, 0.4) is 0 Å². The maximum Gasteiger partial charge on any atom is 0.325 e. The van der Waals surface area contributed by atoms with Gasteiger partial charge in [-0.25, -0.2) is 4.79 Å². The SMILES string of the molecule is O=C(CN1CCN(c2ccc3c(c2)OCO3)C1=O)NC1CCCCC1. The maximum atomic E-state index is 12.6. The summed E-state index contributed by atoms with van der Waals surface area (Å²) in [5.41, 5.74) is 0.768. The normalized spacial score (nSPS) is 20.2. The van der Waals surface area contributed by atoms with Crippen molar-refractivity contribution in [2.24, 2.45) is 0 Å². The zero-order chi connectivity index (χ0) is 17.2. The molecule has 2 fully saturated rings. The molecule has 0 spiro atoms. The number of nitrogens with one attached hydrogen (secondary N) is 1. The minimum Gasteiger partial charge on any atom is -0.454 e. The number of carbonyl (C=O) groups excluding carboxylic acids is 2. The van der Waals surface area contributed by atoms with Crippen molar-refractivity contribution >= 4 is 17.6 Å². The van der Waals surface area contributed by atoms with Crippen LogP contribution in [0.25, 0.3) is 0 Å². The van der Waals surface area contributed by atoms with Crippen molar-refractivity contribution in [1.29, 1.82) is 0 Å². The van der Waals surface area contributed by atoms with Crippen LogP contribution in [0.4, 0.5) is 10.5 Å². The second kappa shape index (κ2) is 6.82. The average Bonchev–Trinajstić information content (AvgIpc) is 3.22. The highest BCUT2D eigenvalue weighted by Crippen LogP contribution is 2.36. The van der Waals surface area contributed by atoms with Crippen LogP contribution in [-0.4, -0.2) is 49.3 Å². The molecule has 1 aromatic rings. The summed E-state index contributed by atoms with van der Waals surface area (Å²) < 4.78 is 10.7. The molecule has 3 amide bonds. The van der Waals surface area contributed by atoms with Gasteiger partial charge >= 0.3 is 6.03 Å². The molecule has 0 aromatic heterocycles. The van der Waals surface area contributed by atoms with Gasteiger partial charge in [-0.2, -0.15) is 0 Å². The van der Waals surface area contributed by atoms with Gasteiger partial charge in [0.1, 0.15) is 6.54 Å². The molecule has 25 heavy (non-hydrogen) atoms. The fraction of sp³-hybridized carbons (Fsp3) is 0.556. The lowest BCUT2D eigenvalue weighted by molar-refractivity contribution is -0.122. The van der Waals surface area contributed by atoms with E-state index < -0.39 is 0 Å². The van der Waals surface area contributed by atoms with E-state index in [1.807, 2.05) is 18.2 Å². The van der Waals surface area contributed by atoms with Crippen molar-refractivity contribution in [3.63, 3.8) is 0 Å². The van der Waals surface area contributed by atoms with E-state index in [2.05, 4.69) is 5.32 Å². The highest BCUT2D eigenvalue weighted by atomic mass is 16.7. The third kappa shape index (κ3) is 3.36. The predicted molar refractivity (Wildman–Crippen MR) is 91.9 cm³/mol. The first kappa shape index (κ1) is 16.1. The largest absolute Gasteiger partial charge is 0.454 e. The van der Waals surface area contributed by atoms with E-state index in [0.29, 0.717) is 24.6 Å². The minimum absolute atomic E-state index is 0.0622. The number of hydrogen-bond acceptors (Lipinski definition) is 4. The summed E-state index contributed by atoms with van der Waals surface area (Å²) in [4.78, 5) is 28.2. The Morgan fingerprint density at radius 3 is 2.76 bits per heavy atom. The summed E-state index contributed by atoms with van der Waals surface area (Å²) in [6, 6.07) is 5.59. The van der Waals surface area contributed by atoms with E-state index in [1.165, 1.54) is 19.3 Å². The summed E-state index contributed by atoms with van der Waals surface area (Å²) >= 11 is 0. The summed E-state index contributed by atoms with van der Waals surface area (Å²) in [6.07, 6.45) is 5.68. The fourth-order valence-corrected chi connectivity index (χ4v) is 3.72. The second-order valence-corrected chi connectivity index (χ2v) is 6.80. The van der Waals surface area contributed by atoms with Gasteiger partial charge in [0.25, 0.3) is 0 Å². The van der Waals surface area contributed by atoms with Gasteiger partial charge in [-0.1, -0.05) is 19.3 Å². The standard InChI is InChI=1S/C18H23N3O4/c22-17(19-13-4-2-1-3-5-13)11-20-8-9-21(18(20)23)14-6-7-15-16(10-14)25-12-24-15/h6-7,10,13H,1-5,8-9,11-12H2,(H,19,22). The van der Waals surface area contributed by atoms with Crippen LogP contribution in [0.2, 0.25) is 0 Å². The molecule has 0 radical (unpaired) electrons. The Kier molecular flexibility index (Phi) is 4.38. The van der Waals surface area contributed by atoms with Crippen LogP contribution in [0.1, 0.15) is 32.1 Å². The smallest absolute Gasteiger partial charge is 0.325 e. The number of carbonyl (C=O) groups is 2. The van der Waals surface area contributed by atoms with Crippen molar-refractivity contribution in [2.45, 2.75) is 38.1 Å². The molecule has 1 saturated heterocycles. The van der Waals surface area contributed by atoms with Crippen LogP contribution in [0.5, 0.6) is 11.5 Å². The number of benzene rings is 1. The third-order valence-corrected chi connectivity index (χ3v) is 5.07. The summed E-state index contributed by atoms with van der Waals surface area (Å²) in [5, 5.41) is 3.07. The number of anilines is 1. The minimum atomic E-state index is -0.141. The molecule has 7 nitrogen and oxygen atoms in total. The molecule has 1 N–H and O–H groups in total. The summed E-state index contributed by atoms with van der Waals surface area (Å²) in [6.45, 7) is 1.44. The number of amides is 3. The first-order valence-electron chi connectivity index (χ1n) is 8.96. The molecule has 4 rings (SSSR count). The number of rotatable bonds is 4. The number of hydrogen-bond donors (Lipinski definition) is 1. The van der Waals surface area contributed by atoms with Crippen molar-refractivity contribution in [3.05, 3.63) is 18.2 Å². The lowest BCUT2D eigenvalue weighted by atomic mass is 9.95. The molecule has 7 heteroatoms. The van der Waals surface area contributed by atoms with E-state index in [-0.39, 0.29) is 31.3 Å². The van der Waals surface area contributed by atoms with Gasteiger partial charge in [-0.05, 0) is 25.0 Å². The van der Waals surface area contributed by atoms with E-state index in [9.17, 15) is 9.59 Å². The van der Waals surface area contributed by atoms with E-state index in [1.54, 1.807) is 9.80 Å². The van der Waals surface area contributed by atoms with Crippen LogP contribution in [0.15, 0.2) is 18.2 Å². The monoisotopic (exact) mass is 345 g/mol. The van der Waals surface area contributed by atoms with E-state index in [4.69, 9.17) is 9.47 Å². The molecule has 1 saturated carbocycles. The van der Waals surface area contributed by atoms with Gasteiger partial charge < -0.3 is 19.7 Å². The Morgan fingerprint density at radius 1 is 1.12 bits per heavy atom. The van der Waals surface area contributed by atoms with Crippen LogP contribution in [-0.2, 0) is 4.79 Å². The number of fused-ring (bicyclic) bond motifs is 1. The van der Waals surface area contributed by atoms with Crippen molar-refractivity contribution < 1.29 is 19.1 Å². The van der Waals surface area contributed by atoms with Gasteiger partial charge in [0.15, 0.2) is 11.5 Å². The third-order valence-electron chi connectivity index (χ3n) is 5.07. The molecule has 3 aliphatic rings. The van der Waals surface area contributed by atoms with Gasteiger partial charge in [0.2, 0.25) is 12.7 Å². The summed E-state index contributed by atoms with van der Waals surface area (Å²) in [5.74, 6) is 1.28. The lowest BCUT2D eigenvalue weighted by Gasteiger charge is -2.24.